The fourth-order valence-corrected chi connectivity index (χ4v) is 5.70. The second-order valence-corrected chi connectivity index (χ2v) is 10.0. The topological polar surface area (TPSA) is 105 Å². The zero-order valence-corrected chi connectivity index (χ0v) is 21.4. The number of aromatic nitrogens is 3. The van der Waals surface area contributed by atoms with Crippen LogP contribution in [0.4, 0.5) is 5.13 Å². The largest absolute Gasteiger partial charge is 0.505 e. The predicted molar refractivity (Wildman–Crippen MR) is 138 cm³/mol. The van der Waals surface area contributed by atoms with Gasteiger partial charge in [0.2, 0.25) is 0 Å². The van der Waals surface area contributed by atoms with Crippen LogP contribution in [0.2, 0.25) is 5.02 Å². The number of aliphatic hydroxyl groups is 1. The summed E-state index contributed by atoms with van der Waals surface area (Å²) in [5, 5.41) is 12.1. The number of pyridine rings is 1. The number of ketones is 2. The number of imidazole rings is 1. The van der Waals surface area contributed by atoms with Crippen LogP contribution in [0, 0.1) is 20.8 Å². The van der Waals surface area contributed by atoms with Crippen molar-refractivity contribution >= 4 is 56.9 Å². The normalized spacial score (nSPS) is 17.4. The van der Waals surface area contributed by atoms with Gasteiger partial charge in [-0.3, -0.25) is 19.3 Å². The lowest BCUT2D eigenvalue weighted by molar-refractivity contribution is -0.132. The lowest BCUT2D eigenvalue weighted by Gasteiger charge is -2.23. The van der Waals surface area contributed by atoms with Gasteiger partial charge >= 0.3 is 5.91 Å². The average Bonchev–Trinajstić information content (AvgIpc) is 3.46. The van der Waals surface area contributed by atoms with Crippen LogP contribution >= 0.6 is 22.9 Å². The number of hydrogen-bond acceptors (Lipinski definition) is 7. The van der Waals surface area contributed by atoms with Crippen molar-refractivity contribution < 1.29 is 19.5 Å². The first-order valence-corrected chi connectivity index (χ1v) is 12.3. The monoisotopic (exact) mass is 520 g/mol. The maximum atomic E-state index is 13.4. The highest BCUT2D eigenvalue weighted by Crippen LogP contribution is 2.44. The number of aryl methyl sites for hydroxylation is 3. The lowest BCUT2D eigenvalue weighted by atomic mass is 9.96. The van der Waals surface area contributed by atoms with Gasteiger partial charge in [-0.1, -0.05) is 41.1 Å². The summed E-state index contributed by atoms with van der Waals surface area (Å²) in [5.41, 5.74) is 3.19. The van der Waals surface area contributed by atoms with Crippen molar-refractivity contribution in [3.8, 4) is 0 Å². The van der Waals surface area contributed by atoms with Gasteiger partial charge in [-0.15, -0.1) is 0 Å². The summed E-state index contributed by atoms with van der Waals surface area (Å²) in [5.74, 6) is -2.31. The second kappa shape index (κ2) is 8.69. The number of fused-ring (bicyclic) bond motifs is 1. The summed E-state index contributed by atoms with van der Waals surface area (Å²) >= 11 is 7.29. The third kappa shape index (κ3) is 3.63. The molecule has 4 heterocycles. The molecule has 1 saturated heterocycles. The maximum absolute atomic E-state index is 13.4. The van der Waals surface area contributed by atoms with Crippen LogP contribution in [0.5, 0.6) is 0 Å². The van der Waals surface area contributed by atoms with Crippen molar-refractivity contribution in [3.63, 3.8) is 0 Å². The van der Waals surface area contributed by atoms with Crippen molar-refractivity contribution in [3.05, 3.63) is 86.3 Å². The van der Waals surface area contributed by atoms with Crippen LogP contribution in [0.15, 0.2) is 48.2 Å². The second-order valence-electron chi connectivity index (χ2n) is 8.62. The molecule has 1 aliphatic rings. The number of rotatable bonds is 4. The Morgan fingerprint density at radius 1 is 1.11 bits per heavy atom. The molecule has 1 aliphatic heterocycles. The molecule has 1 N–H and O–H groups in total. The molecule has 1 amide bonds. The quantitative estimate of drug-likeness (QED) is 0.172. The predicted octanol–water partition coefficient (Wildman–Crippen LogP) is 5.20. The first-order chi connectivity index (χ1) is 17.1. The molecule has 8 nitrogen and oxygen atoms in total. The van der Waals surface area contributed by atoms with Crippen LogP contribution in [-0.2, 0) is 9.59 Å². The average molecular weight is 521 g/mol. The summed E-state index contributed by atoms with van der Waals surface area (Å²) in [7, 11) is 0. The fourth-order valence-electron chi connectivity index (χ4n) is 4.51. The number of thiazole rings is 1. The van der Waals surface area contributed by atoms with Crippen molar-refractivity contribution in [1.29, 1.82) is 0 Å². The SMILES string of the molecule is CC(=O)c1sc(N2C(=O)C(=O)C(=C(O)c3nc4c(C)cccn4c3C)C2c2cccc(Cl)c2)nc1C. The van der Waals surface area contributed by atoms with Gasteiger partial charge in [-0.2, -0.15) is 0 Å². The molecule has 1 unspecified atom stereocenters. The summed E-state index contributed by atoms with van der Waals surface area (Å²) < 4.78 is 1.82. The Morgan fingerprint density at radius 3 is 2.50 bits per heavy atom. The molecule has 36 heavy (non-hydrogen) atoms. The van der Waals surface area contributed by atoms with Crippen LogP contribution in [0.1, 0.15) is 50.8 Å². The zero-order valence-electron chi connectivity index (χ0n) is 19.9. The number of hydrogen-bond donors (Lipinski definition) is 1. The maximum Gasteiger partial charge on any atom is 0.301 e. The Bertz CT molecular complexity index is 1630. The number of benzene rings is 1. The van der Waals surface area contributed by atoms with Crippen LogP contribution < -0.4 is 4.90 Å². The van der Waals surface area contributed by atoms with Crippen LogP contribution in [0.25, 0.3) is 11.4 Å². The Labute approximate surface area is 215 Å². The van der Waals surface area contributed by atoms with Gasteiger partial charge in [0.1, 0.15) is 11.3 Å². The number of carbonyl (C=O) groups excluding carboxylic acids is 3. The molecule has 5 rings (SSSR count). The summed E-state index contributed by atoms with van der Waals surface area (Å²) in [4.78, 5) is 49.5. The lowest BCUT2D eigenvalue weighted by Crippen LogP contribution is -2.29. The van der Waals surface area contributed by atoms with Gasteiger partial charge < -0.3 is 9.51 Å². The minimum absolute atomic E-state index is 0.122. The van der Waals surface area contributed by atoms with E-state index in [1.165, 1.54) is 11.8 Å². The molecular formula is C26H21ClN4O4S. The minimum Gasteiger partial charge on any atom is -0.505 e. The molecule has 4 aromatic rings. The van der Waals surface area contributed by atoms with Crippen LogP contribution in [0.3, 0.4) is 0 Å². The number of carbonyl (C=O) groups is 3. The van der Waals surface area contributed by atoms with E-state index in [2.05, 4.69) is 9.97 Å². The third-order valence-electron chi connectivity index (χ3n) is 6.23. The number of nitrogens with zero attached hydrogens (tertiary/aromatic N) is 4. The van der Waals surface area contributed by atoms with E-state index in [1.54, 1.807) is 38.1 Å². The van der Waals surface area contributed by atoms with Gasteiger partial charge in [-0.05, 0) is 50.1 Å². The van der Waals surface area contributed by atoms with E-state index in [0.29, 0.717) is 32.5 Å². The fraction of sp³-hybridized carbons (Fsp3) is 0.192. The highest BCUT2D eigenvalue weighted by Gasteiger charge is 2.49. The van der Waals surface area contributed by atoms with E-state index < -0.39 is 17.7 Å². The van der Waals surface area contributed by atoms with E-state index >= 15 is 0 Å². The van der Waals surface area contributed by atoms with Crippen molar-refractivity contribution in [2.75, 3.05) is 4.90 Å². The minimum atomic E-state index is -1.01. The molecule has 0 bridgehead atoms. The van der Waals surface area contributed by atoms with E-state index in [1.807, 2.05) is 29.7 Å². The van der Waals surface area contributed by atoms with Gasteiger partial charge in [0.25, 0.3) is 5.78 Å². The Morgan fingerprint density at radius 2 is 1.86 bits per heavy atom. The molecule has 3 aromatic heterocycles. The van der Waals surface area contributed by atoms with Crippen molar-refractivity contribution in [2.24, 2.45) is 0 Å². The number of Topliss-reactive ketones (excluding diaryl/α,β-unsaturated/α-hetero) is 2. The first-order valence-electron chi connectivity index (χ1n) is 11.1. The third-order valence-corrected chi connectivity index (χ3v) is 7.72. The van der Waals surface area contributed by atoms with E-state index in [0.717, 1.165) is 16.9 Å². The molecule has 0 aliphatic carbocycles. The Hall–Kier alpha value is -3.82. The molecule has 1 fully saturated rings. The molecule has 1 atom stereocenters. The first kappa shape index (κ1) is 23.9. The molecular weight excluding hydrogens is 500 g/mol. The molecule has 10 heteroatoms. The molecule has 182 valence electrons. The van der Waals surface area contributed by atoms with Gasteiger partial charge in [0.15, 0.2) is 16.7 Å². The number of anilines is 1. The van der Waals surface area contributed by atoms with E-state index in [-0.39, 0.29) is 27.9 Å². The van der Waals surface area contributed by atoms with E-state index in [9.17, 15) is 19.5 Å². The molecule has 0 radical (unpaired) electrons. The Kier molecular flexibility index (Phi) is 5.77. The molecule has 0 spiro atoms. The summed E-state index contributed by atoms with van der Waals surface area (Å²) in [6.45, 7) is 6.77. The number of halogens is 1. The van der Waals surface area contributed by atoms with Gasteiger partial charge in [0, 0.05) is 18.1 Å². The van der Waals surface area contributed by atoms with Crippen molar-refractivity contribution in [2.45, 2.75) is 33.7 Å². The van der Waals surface area contributed by atoms with Gasteiger partial charge in [0.05, 0.1) is 27.9 Å². The van der Waals surface area contributed by atoms with Crippen LogP contribution in [-0.4, -0.2) is 36.9 Å². The zero-order chi connectivity index (χ0) is 25.9. The standard InChI is InChI=1S/C26H21ClN4O4S/c1-12-7-6-10-30-14(3)19(29-24(12)30)21(33)18-20(16-8-5-9-17(27)11-16)31(25(35)22(18)34)26-28-13(2)23(36-26)15(4)32/h5-11,20,33H,1-4H3. The highest BCUT2D eigenvalue weighted by atomic mass is 35.5. The van der Waals surface area contributed by atoms with E-state index in [4.69, 9.17) is 11.6 Å². The number of aliphatic hydroxyl groups excluding tert-OH is 1. The summed E-state index contributed by atoms with van der Waals surface area (Å²) in [6, 6.07) is 9.47. The van der Waals surface area contributed by atoms with Crippen molar-refractivity contribution in [1.82, 2.24) is 14.4 Å². The highest BCUT2D eigenvalue weighted by molar-refractivity contribution is 7.18. The summed E-state index contributed by atoms with van der Waals surface area (Å²) in [6.07, 6.45) is 1.82. The van der Waals surface area contributed by atoms with Gasteiger partial charge in [-0.25, -0.2) is 9.97 Å². The molecule has 1 aromatic carbocycles. The Balaban J connectivity index is 1.78. The smallest absolute Gasteiger partial charge is 0.301 e. The number of amides is 1. The molecule has 0 saturated carbocycles.